The van der Waals surface area contributed by atoms with E-state index in [1.165, 1.54) is 14.2 Å². The molecule has 0 aliphatic carbocycles. The van der Waals surface area contributed by atoms with Gasteiger partial charge in [-0.2, -0.15) is 0 Å². The number of halogens is 2. The molecular weight excluding hydrogens is 304 g/mol. The molecule has 0 fully saturated rings. The lowest BCUT2D eigenvalue weighted by molar-refractivity contribution is -0.116. The summed E-state index contributed by atoms with van der Waals surface area (Å²) in [5.41, 5.74) is 0.675. The van der Waals surface area contributed by atoms with E-state index in [0.29, 0.717) is 17.9 Å². The lowest BCUT2D eigenvalue weighted by Crippen LogP contribution is -2.13. The van der Waals surface area contributed by atoms with Crippen LogP contribution in [0, 0.1) is 11.6 Å². The van der Waals surface area contributed by atoms with Gasteiger partial charge in [0.1, 0.15) is 23.1 Å². The molecule has 0 aliphatic heterocycles. The minimum absolute atomic E-state index is 0.117. The highest BCUT2D eigenvalue weighted by atomic mass is 19.1. The molecule has 0 bridgehead atoms. The van der Waals surface area contributed by atoms with E-state index in [9.17, 15) is 13.6 Å². The van der Waals surface area contributed by atoms with Crippen LogP contribution in [0.3, 0.4) is 0 Å². The van der Waals surface area contributed by atoms with Gasteiger partial charge in [-0.3, -0.25) is 4.79 Å². The molecule has 0 unspecified atom stereocenters. The number of rotatable bonds is 6. The van der Waals surface area contributed by atoms with Gasteiger partial charge in [-0.15, -0.1) is 0 Å². The minimum Gasteiger partial charge on any atom is -0.497 e. The van der Waals surface area contributed by atoms with Crippen molar-refractivity contribution in [3.63, 3.8) is 0 Å². The molecule has 2 rings (SSSR count). The van der Waals surface area contributed by atoms with E-state index < -0.39 is 17.5 Å². The third-order valence-corrected chi connectivity index (χ3v) is 3.25. The Balaban J connectivity index is 2.00. The smallest absolute Gasteiger partial charge is 0.224 e. The minimum atomic E-state index is -0.678. The molecule has 6 heteroatoms. The predicted octanol–water partition coefficient (Wildman–Crippen LogP) is 3.55. The maximum atomic E-state index is 13.5. The molecule has 4 nitrogen and oxygen atoms in total. The second-order valence-electron chi connectivity index (χ2n) is 4.89. The molecule has 1 N–H and O–H groups in total. The number of benzene rings is 2. The number of carbonyl (C=O) groups is 1. The van der Waals surface area contributed by atoms with Crippen LogP contribution in [-0.4, -0.2) is 20.1 Å². The summed E-state index contributed by atoms with van der Waals surface area (Å²) in [7, 11) is 3.08. The van der Waals surface area contributed by atoms with Crippen molar-refractivity contribution in [2.75, 3.05) is 19.5 Å². The largest absolute Gasteiger partial charge is 0.497 e. The van der Waals surface area contributed by atoms with E-state index in [0.717, 1.165) is 23.8 Å². The van der Waals surface area contributed by atoms with E-state index in [-0.39, 0.29) is 12.1 Å². The topological polar surface area (TPSA) is 47.6 Å². The van der Waals surface area contributed by atoms with E-state index in [1.807, 2.05) is 0 Å². The molecular formula is C17H17F2NO3. The zero-order valence-corrected chi connectivity index (χ0v) is 12.9. The molecule has 23 heavy (non-hydrogen) atoms. The first-order valence-electron chi connectivity index (χ1n) is 6.98. The zero-order valence-electron chi connectivity index (χ0n) is 12.9. The number of aryl methyl sites for hydroxylation is 1. The molecule has 0 heterocycles. The van der Waals surface area contributed by atoms with Crippen molar-refractivity contribution in [1.82, 2.24) is 0 Å². The van der Waals surface area contributed by atoms with Crippen LogP contribution in [0.2, 0.25) is 0 Å². The van der Waals surface area contributed by atoms with Gasteiger partial charge in [0.25, 0.3) is 0 Å². The Morgan fingerprint density at radius 3 is 2.30 bits per heavy atom. The van der Waals surface area contributed by atoms with Gasteiger partial charge in [0.05, 0.1) is 19.9 Å². The van der Waals surface area contributed by atoms with Gasteiger partial charge >= 0.3 is 0 Å². The highest BCUT2D eigenvalue weighted by molar-refractivity contribution is 5.90. The molecule has 0 radical (unpaired) electrons. The Hall–Kier alpha value is -2.63. The molecule has 0 aliphatic rings. The lowest BCUT2D eigenvalue weighted by atomic mass is 10.1. The number of amides is 1. The highest BCUT2D eigenvalue weighted by Gasteiger charge is 2.09. The molecule has 1 amide bonds. The number of nitrogens with one attached hydrogen (secondary N) is 1. The van der Waals surface area contributed by atoms with Crippen LogP contribution >= 0.6 is 0 Å². The fourth-order valence-corrected chi connectivity index (χ4v) is 2.07. The number of anilines is 1. The highest BCUT2D eigenvalue weighted by Crippen LogP contribution is 2.23. The molecule has 0 saturated heterocycles. The summed E-state index contributed by atoms with van der Waals surface area (Å²) < 4.78 is 36.9. The average Bonchev–Trinajstić information content (AvgIpc) is 2.56. The van der Waals surface area contributed by atoms with Gasteiger partial charge in [-0.05, 0) is 36.2 Å². The van der Waals surface area contributed by atoms with Crippen LogP contribution in [-0.2, 0) is 11.2 Å². The fourth-order valence-electron chi connectivity index (χ4n) is 2.07. The SMILES string of the molecule is COc1cc(CCC(=O)Nc2cc(F)ccc2F)cc(OC)c1. The summed E-state index contributed by atoms with van der Waals surface area (Å²) in [5, 5.41) is 2.36. The Labute approximate surface area is 133 Å². The summed E-state index contributed by atoms with van der Waals surface area (Å²) in [6.45, 7) is 0. The van der Waals surface area contributed by atoms with Gasteiger partial charge in [0.2, 0.25) is 5.91 Å². The Morgan fingerprint density at radius 1 is 1.04 bits per heavy atom. The van der Waals surface area contributed by atoms with Gasteiger partial charge in [-0.25, -0.2) is 8.78 Å². The number of carbonyl (C=O) groups excluding carboxylic acids is 1. The van der Waals surface area contributed by atoms with Crippen LogP contribution in [0.15, 0.2) is 36.4 Å². The Morgan fingerprint density at radius 2 is 1.70 bits per heavy atom. The second-order valence-corrected chi connectivity index (χ2v) is 4.89. The molecule has 2 aromatic rings. The van der Waals surface area contributed by atoms with Crippen LogP contribution in [0.1, 0.15) is 12.0 Å². The van der Waals surface area contributed by atoms with E-state index in [4.69, 9.17) is 9.47 Å². The summed E-state index contributed by atoms with van der Waals surface area (Å²) in [6.07, 6.45) is 0.530. The third kappa shape index (κ3) is 4.67. The Bertz CT molecular complexity index is 682. The quantitative estimate of drug-likeness (QED) is 0.885. The number of methoxy groups -OCH3 is 2. The van der Waals surface area contributed by atoms with Crippen LogP contribution in [0.4, 0.5) is 14.5 Å². The molecule has 122 valence electrons. The van der Waals surface area contributed by atoms with Crippen LogP contribution in [0.5, 0.6) is 11.5 Å². The van der Waals surface area contributed by atoms with Crippen molar-refractivity contribution >= 4 is 11.6 Å². The van der Waals surface area contributed by atoms with Crippen LogP contribution < -0.4 is 14.8 Å². The normalized spacial score (nSPS) is 10.3. The fraction of sp³-hybridized carbons (Fsp3) is 0.235. The third-order valence-electron chi connectivity index (χ3n) is 3.25. The van der Waals surface area contributed by atoms with Crippen molar-refractivity contribution < 1.29 is 23.0 Å². The van der Waals surface area contributed by atoms with Crippen molar-refractivity contribution in [2.45, 2.75) is 12.8 Å². The van der Waals surface area contributed by atoms with Crippen molar-refractivity contribution in [3.05, 3.63) is 53.6 Å². The predicted molar refractivity (Wildman–Crippen MR) is 82.9 cm³/mol. The molecule has 2 aromatic carbocycles. The van der Waals surface area contributed by atoms with Gasteiger partial charge in [-0.1, -0.05) is 0 Å². The van der Waals surface area contributed by atoms with Crippen LogP contribution in [0.25, 0.3) is 0 Å². The maximum absolute atomic E-state index is 13.5. The summed E-state index contributed by atoms with van der Waals surface area (Å²) in [4.78, 5) is 11.9. The Kier molecular flexibility index (Phi) is 5.51. The number of hydrogen-bond acceptors (Lipinski definition) is 3. The molecule has 0 saturated carbocycles. The van der Waals surface area contributed by atoms with E-state index in [1.54, 1.807) is 18.2 Å². The first-order chi connectivity index (χ1) is 11.0. The summed E-state index contributed by atoms with van der Waals surface area (Å²) in [5.74, 6) is -0.454. The second kappa shape index (κ2) is 7.58. The van der Waals surface area contributed by atoms with Crippen molar-refractivity contribution in [2.24, 2.45) is 0 Å². The molecule has 0 spiro atoms. The van der Waals surface area contributed by atoms with Crippen molar-refractivity contribution in [3.8, 4) is 11.5 Å². The van der Waals surface area contributed by atoms with Gasteiger partial charge in [0, 0.05) is 18.6 Å². The summed E-state index contributed by atoms with van der Waals surface area (Å²) >= 11 is 0. The summed E-state index contributed by atoms with van der Waals surface area (Å²) in [6, 6.07) is 8.22. The maximum Gasteiger partial charge on any atom is 0.224 e. The standard InChI is InChI=1S/C17H17F2NO3/c1-22-13-7-11(8-14(10-13)23-2)3-6-17(21)20-16-9-12(18)4-5-15(16)19/h4-5,7-10H,3,6H2,1-2H3,(H,20,21). The first-order valence-corrected chi connectivity index (χ1v) is 6.98. The molecule has 0 aromatic heterocycles. The zero-order chi connectivity index (χ0) is 16.8. The lowest BCUT2D eigenvalue weighted by Gasteiger charge is -2.09. The number of ether oxygens (including phenoxy) is 2. The molecule has 0 atom stereocenters. The number of hydrogen-bond donors (Lipinski definition) is 1. The average molecular weight is 321 g/mol. The van der Waals surface area contributed by atoms with E-state index in [2.05, 4.69) is 5.32 Å². The van der Waals surface area contributed by atoms with Gasteiger partial charge < -0.3 is 14.8 Å². The van der Waals surface area contributed by atoms with Gasteiger partial charge in [0.15, 0.2) is 0 Å². The first kappa shape index (κ1) is 16.7. The van der Waals surface area contributed by atoms with Crippen molar-refractivity contribution in [1.29, 1.82) is 0 Å². The van der Waals surface area contributed by atoms with E-state index >= 15 is 0 Å². The monoisotopic (exact) mass is 321 g/mol.